The summed E-state index contributed by atoms with van der Waals surface area (Å²) < 4.78 is 33.1. The molecular weight excluding hydrogens is 270 g/mol. The maximum Gasteiger partial charge on any atom is 0.227 e. The molecular formula is C11H13N3O4S. The molecule has 19 heavy (non-hydrogen) atoms. The maximum absolute atomic E-state index is 11.6. The van der Waals surface area contributed by atoms with E-state index in [0.29, 0.717) is 30.3 Å². The summed E-state index contributed by atoms with van der Waals surface area (Å²) in [4.78, 5) is 8.12. The van der Waals surface area contributed by atoms with Gasteiger partial charge in [0.25, 0.3) is 0 Å². The Kier molecular flexibility index (Phi) is 3.09. The standard InChI is InChI=1S/C11H13N3O4S/c15-19(16)3-1-2-8(6-19)4-10-13-11(14-18-10)9-5-17-7-12-9/h5,7-8H,1-4,6H2. The highest BCUT2D eigenvalue weighted by Crippen LogP contribution is 2.22. The van der Waals surface area contributed by atoms with Crippen molar-refractivity contribution in [1.29, 1.82) is 0 Å². The Labute approximate surface area is 109 Å². The monoisotopic (exact) mass is 283 g/mol. The van der Waals surface area contributed by atoms with Gasteiger partial charge in [0.2, 0.25) is 11.7 Å². The molecule has 0 saturated carbocycles. The zero-order chi connectivity index (χ0) is 13.3. The topological polar surface area (TPSA) is 99.1 Å². The van der Waals surface area contributed by atoms with Gasteiger partial charge in [0.05, 0.1) is 11.5 Å². The molecule has 102 valence electrons. The van der Waals surface area contributed by atoms with E-state index in [1.807, 2.05) is 0 Å². The van der Waals surface area contributed by atoms with Crippen LogP contribution >= 0.6 is 0 Å². The number of sulfone groups is 1. The van der Waals surface area contributed by atoms with Gasteiger partial charge in [0.15, 0.2) is 16.2 Å². The average molecular weight is 283 g/mol. The molecule has 8 heteroatoms. The summed E-state index contributed by atoms with van der Waals surface area (Å²) in [5.74, 6) is 1.36. The summed E-state index contributed by atoms with van der Waals surface area (Å²) in [7, 11) is -2.91. The van der Waals surface area contributed by atoms with Crippen LogP contribution in [0.4, 0.5) is 0 Å². The van der Waals surface area contributed by atoms with Crippen LogP contribution in [0.25, 0.3) is 11.5 Å². The van der Waals surface area contributed by atoms with Gasteiger partial charge in [-0.1, -0.05) is 5.16 Å². The van der Waals surface area contributed by atoms with Crippen molar-refractivity contribution in [2.24, 2.45) is 5.92 Å². The summed E-state index contributed by atoms with van der Waals surface area (Å²) in [5, 5.41) is 3.80. The van der Waals surface area contributed by atoms with Crippen LogP contribution in [0.15, 0.2) is 21.6 Å². The second-order valence-corrected chi connectivity index (χ2v) is 6.94. The highest BCUT2D eigenvalue weighted by atomic mass is 32.2. The van der Waals surface area contributed by atoms with Gasteiger partial charge in [-0.3, -0.25) is 0 Å². The molecule has 0 aliphatic carbocycles. The van der Waals surface area contributed by atoms with E-state index in [9.17, 15) is 8.42 Å². The first-order valence-electron chi connectivity index (χ1n) is 6.04. The third-order valence-corrected chi connectivity index (χ3v) is 5.04. The molecule has 0 aromatic carbocycles. The summed E-state index contributed by atoms with van der Waals surface area (Å²) >= 11 is 0. The lowest BCUT2D eigenvalue weighted by atomic mass is 10.0. The summed E-state index contributed by atoms with van der Waals surface area (Å²) in [6.45, 7) is 0. The molecule has 1 fully saturated rings. The van der Waals surface area contributed by atoms with Crippen molar-refractivity contribution >= 4 is 9.84 Å². The number of oxazole rings is 1. The first-order valence-corrected chi connectivity index (χ1v) is 7.86. The van der Waals surface area contributed by atoms with Gasteiger partial charge in [-0.2, -0.15) is 4.98 Å². The van der Waals surface area contributed by atoms with Crippen LogP contribution in [0, 0.1) is 5.92 Å². The average Bonchev–Trinajstić information content (AvgIpc) is 2.96. The van der Waals surface area contributed by atoms with E-state index in [1.165, 1.54) is 12.7 Å². The smallest absolute Gasteiger partial charge is 0.227 e. The molecule has 0 bridgehead atoms. The Morgan fingerprint density at radius 2 is 2.32 bits per heavy atom. The number of nitrogens with zero attached hydrogens (tertiary/aromatic N) is 3. The molecule has 0 spiro atoms. The van der Waals surface area contributed by atoms with Crippen LogP contribution in [0.3, 0.4) is 0 Å². The van der Waals surface area contributed by atoms with Gasteiger partial charge < -0.3 is 8.94 Å². The molecule has 1 aliphatic heterocycles. The lowest BCUT2D eigenvalue weighted by Gasteiger charge is -2.19. The Morgan fingerprint density at radius 1 is 1.42 bits per heavy atom. The van der Waals surface area contributed by atoms with Gasteiger partial charge in [-0.25, -0.2) is 13.4 Å². The van der Waals surface area contributed by atoms with Crippen molar-refractivity contribution in [3.8, 4) is 11.5 Å². The quantitative estimate of drug-likeness (QED) is 0.831. The minimum atomic E-state index is -2.91. The molecule has 0 amide bonds. The van der Waals surface area contributed by atoms with Crippen LogP contribution < -0.4 is 0 Å². The van der Waals surface area contributed by atoms with Gasteiger partial charge in [-0.15, -0.1) is 0 Å². The van der Waals surface area contributed by atoms with Gasteiger partial charge in [-0.05, 0) is 18.8 Å². The normalized spacial score (nSPS) is 22.4. The van der Waals surface area contributed by atoms with Gasteiger partial charge >= 0.3 is 0 Å². The lowest BCUT2D eigenvalue weighted by Crippen LogP contribution is -2.26. The summed E-state index contributed by atoms with van der Waals surface area (Å²) in [6, 6.07) is 0. The number of rotatable bonds is 3. The molecule has 7 nitrogen and oxygen atoms in total. The van der Waals surface area contributed by atoms with Gasteiger partial charge in [0.1, 0.15) is 12.0 Å². The molecule has 1 unspecified atom stereocenters. The fourth-order valence-corrected chi connectivity index (χ4v) is 4.07. The summed E-state index contributed by atoms with van der Waals surface area (Å²) in [6.07, 6.45) is 4.79. The molecule has 3 heterocycles. The fourth-order valence-electron chi connectivity index (χ4n) is 2.29. The van der Waals surface area contributed by atoms with Crippen LogP contribution in [0.5, 0.6) is 0 Å². The van der Waals surface area contributed by atoms with E-state index in [1.54, 1.807) is 0 Å². The number of hydrogen-bond donors (Lipinski definition) is 0. The Balaban J connectivity index is 1.71. The van der Waals surface area contributed by atoms with Crippen molar-refractivity contribution < 1.29 is 17.4 Å². The molecule has 1 atom stereocenters. The van der Waals surface area contributed by atoms with Crippen molar-refractivity contribution in [3.05, 3.63) is 18.5 Å². The van der Waals surface area contributed by atoms with E-state index < -0.39 is 9.84 Å². The molecule has 0 radical (unpaired) electrons. The van der Waals surface area contributed by atoms with Crippen LogP contribution in [-0.2, 0) is 16.3 Å². The number of hydrogen-bond acceptors (Lipinski definition) is 7. The van der Waals surface area contributed by atoms with Gasteiger partial charge in [0, 0.05) is 6.42 Å². The minimum Gasteiger partial charge on any atom is -0.451 e. The van der Waals surface area contributed by atoms with Crippen molar-refractivity contribution in [3.63, 3.8) is 0 Å². The molecule has 0 N–H and O–H groups in total. The van der Waals surface area contributed by atoms with E-state index in [0.717, 1.165) is 6.42 Å². The fraction of sp³-hybridized carbons (Fsp3) is 0.545. The second kappa shape index (κ2) is 4.76. The largest absolute Gasteiger partial charge is 0.451 e. The van der Waals surface area contributed by atoms with Crippen LogP contribution in [0.1, 0.15) is 18.7 Å². The predicted molar refractivity (Wildman–Crippen MR) is 64.9 cm³/mol. The van der Waals surface area contributed by atoms with Crippen molar-refractivity contribution in [2.45, 2.75) is 19.3 Å². The molecule has 2 aromatic rings. The highest BCUT2D eigenvalue weighted by Gasteiger charge is 2.26. The molecule has 1 aliphatic rings. The SMILES string of the molecule is O=S1(=O)CCCC(Cc2nc(-c3cocn3)no2)C1. The second-order valence-electron chi connectivity index (χ2n) is 4.71. The molecule has 1 saturated heterocycles. The van der Waals surface area contributed by atoms with Crippen molar-refractivity contribution in [1.82, 2.24) is 15.1 Å². The van der Waals surface area contributed by atoms with Crippen molar-refractivity contribution in [2.75, 3.05) is 11.5 Å². The zero-order valence-electron chi connectivity index (χ0n) is 10.2. The Bertz CT molecular complexity index is 647. The van der Waals surface area contributed by atoms with Crippen LogP contribution in [-0.4, -0.2) is 35.0 Å². The first kappa shape index (κ1) is 12.3. The third kappa shape index (κ3) is 2.83. The Hall–Kier alpha value is -1.70. The van der Waals surface area contributed by atoms with E-state index in [-0.39, 0.29) is 17.4 Å². The van der Waals surface area contributed by atoms with E-state index in [2.05, 4.69) is 15.1 Å². The van der Waals surface area contributed by atoms with E-state index in [4.69, 9.17) is 8.94 Å². The third-order valence-electron chi connectivity index (χ3n) is 3.15. The zero-order valence-corrected chi connectivity index (χ0v) is 11.0. The van der Waals surface area contributed by atoms with E-state index >= 15 is 0 Å². The number of aromatic nitrogens is 3. The maximum atomic E-state index is 11.6. The highest BCUT2D eigenvalue weighted by molar-refractivity contribution is 7.91. The predicted octanol–water partition coefficient (Wildman–Crippen LogP) is 1.09. The minimum absolute atomic E-state index is 0.0596. The molecule has 3 rings (SSSR count). The summed E-state index contributed by atoms with van der Waals surface area (Å²) in [5.41, 5.74) is 0.506. The lowest BCUT2D eigenvalue weighted by molar-refractivity contribution is 0.350. The molecule has 2 aromatic heterocycles. The Morgan fingerprint density at radius 3 is 3.05 bits per heavy atom. The first-order chi connectivity index (χ1) is 9.12. The van der Waals surface area contributed by atoms with Crippen LogP contribution in [0.2, 0.25) is 0 Å².